The van der Waals surface area contributed by atoms with E-state index in [4.69, 9.17) is 5.11 Å². The Bertz CT molecular complexity index is 1360. The van der Waals surface area contributed by atoms with Gasteiger partial charge in [0.25, 0.3) is 5.56 Å². The predicted molar refractivity (Wildman–Crippen MR) is 124 cm³/mol. The van der Waals surface area contributed by atoms with Crippen LogP contribution in [0.3, 0.4) is 0 Å². The molecule has 3 aromatic heterocycles. The van der Waals surface area contributed by atoms with Gasteiger partial charge in [0.2, 0.25) is 5.95 Å². The smallest absolute Gasteiger partial charge is 0.338 e. The number of aromatic nitrogens is 6. The Morgan fingerprint density at radius 2 is 1.88 bits per heavy atom. The molecule has 2 N–H and O–H groups in total. The molecule has 10 nitrogen and oxygen atoms in total. The van der Waals surface area contributed by atoms with Crippen LogP contribution in [0.5, 0.6) is 0 Å². The Kier molecular flexibility index (Phi) is 6.75. The van der Waals surface area contributed by atoms with Crippen molar-refractivity contribution in [3.63, 3.8) is 0 Å². The van der Waals surface area contributed by atoms with Gasteiger partial charge in [-0.1, -0.05) is 12.1 Å². The number of carboxylic acid groups (broad SMARTS) is 1. The molecule has 0 unspecified atom stereocenters. The number of benzene rings is 1. The minimum Gasteiger partial charge on any atom is -0.478 e. The lowest BCUT2D eigenvalue weighted by atomic mass is 9.96. The van der Waals surface area contributed by atoms with Crippen molar-refractivity contribution >= 4 is 29.4 Å². The molecule has 0 amide bonds. The summed E-state index contributed by atoms with van der Waals surface area (Å²) in [6.07, 6.45) is 5.96. The number of carboxylic acids is 1. The van der Waals surface area contributed by atoms with Crippen LogP contribution in [0.4, 0.5) is 4.39 Å². The zero-order chi connectivity index (χ0) is 22.9. The first kappa shape index (κ1) is 23.6. The number of fused-ring (bicyclic) bond motifs is 1. The molecular formula is C22H23ClFN7O3. The molecule has 4 aromatic rings. The monoisotopic (exact) mass is 487 g/mol. The van der Waals surface area contributed by atoms with Crippen molar-refractivity contribution in [3.8, 4) is 5.95 Å². The molecular weight excluding hydrogens is 465 g/mol. The number of H-pyrrole nitrogens is 1. The number of nitrogens with one attached hydrogen (secondary N) is 1. The third kappa shape index (κ3) is 4.85. The highest BCUT2D eigenvalue weighted by Crippen LogP contribution is 2.22. The van der Waals surface area contributed by atoms with Gasteiger partial charge in [-0.15, -0.1) is 12.4 Å². The van der Waals surface area contributed by atoms with Gasteiger partial charge in [-0.05, 0) is 49.5 Å². The average molecular weight is 488 g/mol. The van der Waals surface area contributed by atoms with Crippen LogP contribution in [-0.4, -0.2) is 58.6 Å². The van der Waals surface area contributed by atoms with Gasteiger partial charge in [-0.3, -0.25) is 19.4 Å². The van der Waals surface area contributed by atoms with Gasteiger partial charge in [0.15, 0.2) is 5.52 Å². The molecule has 0 atom stereocenters. The van der Waals surface area contributed by atoms with Crippen molar-refractivity contribution in [1.82, 2.24) is 34.4 Å². The van der Waals surface area contributed by atoms with Crippen LogP contribution < -0.4 is 5.56 Å². The molecule has 1 fully saturated rings. The summed E-state index contributed by atoms with van der Waals surface area (Å²) in [7, 11) is 0. The maximum Gasteiger partial charge on any atom is 0.338 e. The Morgan fingerprint density at radius 3 is 2.56 bits per heavy atom. The maximum atomic E-state index is 13.1. The molecule has 5 rings (SSSR count). The van der Waals surface area contributed by atoms with Crippen molar-refractivity contribution in [2.75, 3.05) is 13.1 Å². The van der Waals surface area contributed by atoms with E-state index in [1.54, 1.807) is 10.9 Å². The number of rotatable bonds is 6. The number of nitrogens with zero attached hydrogens (tertiary/aromatic N) is 6. The Hall–Kier alpha value is -3.57. The quantitative estimate of drug-likeness (QED) is 0.428. The summed E-state index contributed by atoms with van der Waals surface area (Å²) in [6.45, 7) is 3.25. The van der Waals surface area contributed by atoms with Crippen molar-refractivity contribution in [2.45, 2.75) is 25.9 Å². The van der Waals surface area contributed by atoms with E-state index < -0.39 is 5.97 Å². The summed E-state index contributed by atoms with van der Waals surface area (Å²) in [5.41, 5.74) is 1.55. The fourth-order valence-corrected chi connectivity index (χ4v) is 4.21. The lowest BCUT2D eigenvalue weighted by Gasteiger charge is -2.32. The summed E-state index contributed by atoms with van der Waals surface area (Å²) < 4.78 is 16.0. The van der Waals surface area contributed by atoms with E-state index >= 15 is 0 Å². The Balaban J connectivity index is 0.00000274. The molecule has 0 bridgehead atoms. The van der Waals surface area contributed by atoms with Gasteiger partial charge < -0.3 is 5.11 Å². The Morgan fingerprint density at radius 1 is 1.15 bits per heavy atom. The second-order valence-electron chi connectivity index (χ2n) is 8.27. The fraction of sp³-hybridized carbons (Fsp3) is 0.318. The van der Waals surface area contributed by atoms with E-state index in [-0.39, 0.29) is 35.3 Å². The van der Waals surface area contributed by atoms with Crippen LogP contribution in [0.15, 0.2) is 47.7 Å². The minimum atomic E-state index is -1.11. The third-order valence-corrected chi connectivity index (χ3v) is 5.99. The molecule has 4 heterocycles. The number of hydrogen-bond donors (Lipinski definition) is 2. The molecule has 1 aliphatic heterocycles. The summed E-state index contributed by atoms with van der Waals surface area (Å²) in [5.74, 6) is -0.828. The van der Waals surface area contributed by atoms with E-state index in [1.165, 1.54) is 29.2 Å². The van der Waals surface area contributed by atoms with Crippen LogP contribution in [-0.2, 0) is 13.1 Å². The largest absolute Gasteiger partial charge is 0.478 e. The molecule has 178 valence electrons. The molecule has 0 radical (unpaired) electrons. The predicted octanol–water partition coefficient (Wildman–Crippen LogP) is 2.48. The highest BCUT2D eigenvalue weighted by molar-refractivity contribution is 5.87. The molecule has 0 spiro atoms. The van der Waals surface area contributed by atoms with Gasteiger partial charge in [0.1, 0.15) is 11.3 Å². The molecule has 12 heteroatoms. The molecule has 0 aliphatic carbocycles. The first-order valence-corrected chi connectivity index (χ1v) is 10.7. The fourth-order valence-electron chi connectivity index (χ4n) is 4.21. The van der Waals surface area contributed by atoms with Crippen LogP contribution >= 0.6 is 12.4 Å². The molecule has 1 aromatic carbocycles. The second kappa shape index (κ2) is 9.74. The average Bonchev–Trinajstić information content (AvgIpc) is 3.45. The second-order valence-corrected chi connectivity index (χ2v) is 8.27. The van der Waals surface area contributed by atoms with Crippen LogP contribution in [0.1, 0.15) is 28.8 Å². The number of aromatic amines is 1. The van der Waals surface area contributed by atoms with E-state index in [2.05, 4.69) is 25.1 Å². The zero-order valence-corrected chi connectivity index (χ0v) is 18.9. The summed E-state index contributed by atoms with van der Waals surface area (Å²) in [6, 6.07) is 6.60. The first-order chi connectivity index (χ1) is 16.0. The summed E-state index contributed by atoms with van der Waals surface area (Å²) in [4.78, 5) is 33.2. The SMILES string of the molecule is Cl.O=C(O)c1cnn(-c2nc3cnn(CC4CCN(Cc5ccc(F)cc5)CC4)c3c(=O)[nH]2)c1. The molecule has 0 saturated carbocycles. The summed E-state index contributed by atoms with van der Waals surface area (Å²) >= 11 is 0. The number of hydrogen-bond acceptors (Lipinski definition) is 6. The number of aromatic carboxylic acids is 1. The van der Waals surface area contributed by atoms with Crippen molar-refractivity contribution in [3.05, 3.63) is 70.2 Å². The van der Waals surface area contributed by atoms with E-state index in [0.717, 1.165) is 38.0 Å². The highest BCUT2D eigenvalue weighted by atomic mass is 35.5. The lowest BCUT2D eigenvalue weighted by Crippen LogP contribution is -2.34. The number of piperidine rings is 1. The van der Waals surface area contributed by atoms with Crippen LogP contribution in [0.2, 0.25) is 0 Å². The van der Waals surface area contributed by atoms with Gasteiger partial charge in [-0.2, -0.15) is 10.2 Å². The van der Waals surface area contributed by atoms with Crippen molar-refractivity contribution in [1.29, 1.82) is 0 Å². The molecule has 1 aliphatic rings. The van der Waals surface area contributed by atoms with Crippen molar-refractivity contribution in [2.24, 2.45) is 5.92 Å². The van der Waals surface area contributed by atoms with Gasteiger partial charge in [0.05, 0.1) is 18.0 Å². The maximum absolute atomic E-state index is 13.1. The normalized spacial score (nSPS) is 14.9. The van der Waals surface area contributed by atoms with E-state index in [9.17, 15) is 14.0 Å². The number of carbonyl (C=O) groups is 1. The van der Waals surface area contributed by atoms with Gasteiger partial charge >= 0.3 is 5.97 Å². The molecule has 34 heavy (non-hydrogen) atoms. The van der Waals surface area contributed by atoms with Gasteiger partial charge in [-0.25, -0.2) is 18.9 Å². The standard InChI is InChI=1S/C22H22FN7O3.ClH/c23-17-3-1-14(2-4-17)11-28-7-5-15(6-8-28)12-29-19-18(10-25-29)26-22(27-20(19)31)30-13-16(9-24-30)21(32)33;/h1-4,9-10,13,15H,5-8,11-12H2,(H,32,33)(H,26,27,31);1H. The van der Waals surface area contributed by atoms with Gasteiger partial charge in [0, 0.05) is 19.3 Å². The minimum absolute atomic E-state index is 0. The first-order valence-electron chi connectivity index (χ1n) is 10.7. The van der Waals surface area contributed by atoms with Crippen molar-refractivity contribution < 1.29 is 14.3 Å². The van der Waals surface area contributed by atoms with Crippen LogP contribution in [0, 0.1) is 11.7 Å². The lowest BCUT2D eigenvalue weighted by molar-refractivity contribution is 0.0697. The topological polar surface area (TPSA) is 122 Å². The Labute approximate surface area is 199 Å². The van der Waals surface area contributed by atoms with E-state index in [0.29, 0.717) is 23.5 Å². The number of halogens is 2. The zero-order valence-electron chi connectivity index (χ0n) is 18.1. The van der Waals surface area contributed by atoms with Crippen LogP contribution in [0.25, 0.3) is 17.0 Å². The highest BCUT2D eigenvalue weighted by Gasteiger charge is 2.22. The number of likely N-dealkylation sites (tertiary alicyclic amines) is 1. The summed E-state index contributed by atoms with van der Waals surface area (Å²) in [5, 5.41) is 17.4. The third-order valence-electron chi connectivity index (χ3n) is 5.99. The molecule has 1 saturated heterocycles. The van der Waals surface area contributed by atoms with E-state index in [1.807, 2.05) is 12.1 Å².